The lowest BCUT2D eigenvalue weighted by Gasteiger charge is -2.37. The second-order valence-corrected chi connectivity index (χ2v) is 6.19. The Kier molecular flexibility index (Phi) is 8.67. The Morgan fingerprint density at radius 1 is 1.16 bits per heavy atom. The summed E-state index contributed by atoms with van der Waals surface area (Å²) in [6.45, 7) is 14.5. The van der Waals surface area contributed by atoms with E-state index in [1.54, 1.807) is 0 Å². The van der Waals surface area contributed by atoms with Gasteiger partial charge in [0.05, 0.1) is 6.10 Å². The highest BCUT2D eigenvalue weighted by Crippen LogP contribution is 2.18. The van der Waals surface area contributed by atoms with Gasteiger partial charge in [-0.2, -0.15) is 0 Å². The third kappa shape index (κ3) is 6.73. The number of hydrogen-bond acceptors (Lipinski definition) is 3. The number of hydrogen-bond donors (Lipinski definition) is 1. The van der Waals surface area contributed by atoms with E-state index in [1.165, 1.54) is 38.8 Å². The van der Waals surface area contributed by atoms with Crippen LogP contribution in [0.5, 0.6) is 0 Å². The molecule has 0 bridgehead atoms. The molecule has 0 amide bonds. The zero-order chi connectivity index (χ0) is 14.1. The average Bonchev–Trinajstić information content (AvgIpc) is 2.39. The molecule has 1 atom stereocenters. The number of likely N-dealkylation sites (tertiary alicyclic amines) is 1. The van der Waals surface area contributed by atoms with Crippen LogP contribution in [0.4, 0.5) is 0 Å². The topological polar surface area (TPSA) is 24.5 Å². The highest BCUT2D eigenvalue weighted by molar-refractivity contribution is 4.80. The molecule has 1 fully saturated rings. The molecule has 1 aliphatic heterocycles. The standard InChI is InChI=1S/C16H34N2O/c1-5-7-15(13-17-12-14(3)4)18-10-8-16(9-11-18)19-6-2/h14-17H,5-13H2,1-4H3. The van der Waals surface area contributed by atoms with Crippen molar-refractivity contribution in [1.29, 1.82) is 0 Å². The maximum atomic E-state index is 5.74. The summed E-state index contributed by atoms with van der Waals surface area (Å²) >= 11 is 0. The van der Waals surface area contributed by atoms with Crippen molar-refractivity contribution in [2.45, 2.75) is 65.5 Å². The molecule has 0 radical (unpaired) electrons. The highest BCUT2D eigenvalue weighted by atomic mass is 16.5. The summed E-state index contributed by atoms with van der Waals surface area (Å²) in [5.74, 6) is 0.742. The number of rotatable bonds is 9. The van der Waals surface area contributed by atoms with E-state index < -0.39 is 0 Å². The Balaban J connectivity index is 2.31. The molecular weight excluding hydrogens is 236 g/mol. The number of nitrogens with one attached hydrogen (secondary N) is 1. The first-order chi connectivity index (χ1) is 9.17. The van der Waals surface area contributed by atoms with Gasteiger partial charge < -0.3 is 10.1 Å². The van der Waals surface area contributed by atoms with Crippen LogP contribution in [0.15, 0.2) is 0 Å². The molecular formula is C16H34N2O. The van der Waals surface area contributed by atoms with Gasteiger partial charge in [0.2, 0.25) is 0 Å². The highest BCUT2D eigenvalue weighted by Gasteiger charge is 2.24. The van der Waals surface area contributed by atoms with Gasteiger partial charge in [0.15, 0.2) is 0 Å². The molecule has 3 heteroatoms. The van der Waals surface area contributed by atoms with Crippen LogP contribution in [-0.4, -0.2) is 49.8 Å². The SMILES string of the molecule is CCCC(CNCC(C)C)N1CCC(OCC)CC1. The van der Waals surface area contributed by atoms with E-state index in [0.717, 1.165) is 25.6 Å². The molecule has 3 nitrogen and oxygen atoms in total. The molecule has 0 aliphatic carbocycles. The van der Waals surface area contributed by atoms with E-state index >= 15 is 0 Å². The van der Waals surface area contributed by atoms with Gasteiger partial charge in [-0.25, -0.2) is 0 Å². The number of nitrogens with zero attached hydrogens (tertiary/aromatic N) is 1. The molecule has 0 aromatic carbocycles. The van der Waals surface area contributed by atoms with Gasteiger partial charge >= 0.3 is 0 Å². The van der Waals surface area contributed by atoms with Crippen molar-refractivity contribution >= 4 is 0 Å². The fourth-order valence-electron chi connectivity index (χ4n) is 2.93. The van der Waals surface area contributed by atoms with Crippen molar-refractivity contribution < 1.29 is 4.74 Å². The quantitative estimate of drug-likeness (QED) is 0.697. The third-order valence-electron chi connectivity index (χ3n) is 3.95. The van der Waals surface area contributed by atoms with Crippen molar-refractivity contribution in [3.63, 3.8) is 0 Å². The molecule has 1 aliphatic rings. The molecule has 0 saturated carbocycles. The molecule has 1 rings (SSSR count). The predicted octanol–water partition coefficient (Wildman–Crippen LogP) is 2.90. The maximum absolute atomic E-state index is 5.74. The average molecular weight is 270 g/mol. The first-order valence-electron chi connectivity index (χ1n) is 8.23. The number of ether oxygens (including phenoxy) is 1. The van der Waals surface area contributed by atoms with Crippen LogP contribution < -0.4 is 5.32 Å². The molecule has 0 aromatic heterocycles. The fraction of sp³-hybridized carbons (Fsp3) is 1.00. The molecule has 0 spiro atoms. The minimum atomic E-state index is 0.507. The van der Waals surface area contributed by atoms with Crippen molar-refractivity contribution in [2.24, 2.45) is 5.92 Å². The van der Waals surface area contributed by atoms with Gasteiger partial charge in [0.1, 0.15) is 0 Å². The largest absolute Gasteiger partial charge is 0.378 e. The van der Waals surface area contributed by atoms with Crippen molar-refractivity contribution in [3.8, 4) is 0 Å². The summed E-state index contributed by atoms with van der Waals surface area (Å²) in [7, 11) is 0. The zero-order valence-electron chi connectivity index (χ0n) is 13.5. The van der Waals surface area contributed by atoms with E-state index in [0.29, 0.717) is 12.1 Å². The normalized spacial score (nSPS) is 20.1. The van der Waals surface area contributed by atoms with Crippen LogP contribution in [0.2, 0.25) is 0 Å². The fourth-order valence-corrected chi connectivity index (χ4v) is 2.93. The smallest absolute Gasteiger partial charge is 0.0599 e. The third-order valence-corrected chi connectivity index (χ3v) is 3.95. The summed E-state index contributed by atoms with van der Waals surface area (Å²) in [5.41, 5.74) is 0. The monoisotopic (exact) mass is 270 g/mol. The Hall–Kier alpha value is -0.120. The van der Waals surface area contributed by atoms with Crippen LogP contribution in [0.1, 0.15) is 53.4 Å². The molecule has 114 valence electrons. The first-order valence-corrected chi connectivity index (χ1v) is 8.23. The Morgan fingerprint density at radius 3 is 2.37 bits per heavy atom. The summed E-state index contributed by atoms with van der Waals surface area (Å²) in [5, 5.41) is 3.63. The summed E-state index contributed by atoms with van der Waals surface area (Å²) in [6.07, 6.45) is 5.51. The van der Waals surface area contributed by atoms with Gasteiger partial charge in [0, 0.05) is 32.3 Å². The summed E-state index contributed by atoms with van der Waals surface area (Å²) in [4.78, 5) is 2.67. The Bertz CT molecular complexity index is 213. The minimum Gasteiger partial charge on any atom is -0.378 e. The molecule has 19 heavy (non-hydrogen) atoms. The van der Waals surface area contributed by atoms with Gasteiger partial charge in [-0.3, -0.25) is 4.90 Å². The van der Waals surface area contributed by atoms with Gasteiger partial charge in [-0.05, 0) is 38.6 Å². The Labute approximate surface area is 120 Å². The lowest BCUT2D eigenvalue weighted by Crippen LogP contribution is -2.48. The van der Waals surface area contributed by atoms with E-state index in [9.17, 15) is 0 Å². The van der Waals surface area contributed by atoms with E-state index in [2.05, 4.69) is 37.9 Å². The maximum Gasteiger partial charge on any atom is 0.0599 e. The molecule has 1 unspecified atom stereocenters. The molecule has 0 aromatic rings. The van der Waals surface area contributed by atoms with E-state index in [1.807, 2.05) is 0 Å². The molecule has 1 heterocycles. The van der Waals surface area contributed by atoms with Crippen LogP contribution in [0.3, 0.4) is 0 Å². The summed E-state index contributed by atoms with van der Waals surface area (Å²) < 4.78 is 5.74. The lowest BCUT2D eigenvalue weighted by atomic mass is 10.0. The number of piperidine rings is 1. The lowest BCUT2D eigenvalue weighted by molar-refractivity contribution is 0.00295. The molecule has 1 N–H and O–H groups in total. The first kappa shape index (κ1) is 16.9. The van der Waals surface area contributed by atoms with Crippen molar-refractivity contribution in [3.05, 3.63) is 0 Å². The zero-order valence-corrected chi connectivity index (χ0v) is 13.5. The Morgan fingerprint density at radius 2 is 1.84 bits per heavy atom. The van der Waals surface area contributed by atoms with E-state index in [4.69, 9.17) is 4.74 Å². The van der Waals surface area contributed by atoms with Crippen molar-refractivity contribution in [2.75, 3.05) is 32.8 Å². The predicted molar refractivity (Wildman–Crippen MR) is 82.6 cm³/mol. The van der Waals surface area contributed by atoms with Crippen LogP contribution >= 0.6 is 0 Å². The molecule has 1 saturated heterocycles. The van der Waals surface area contributed by atoms with E-state index in [-0.39, 0.29) is 0 Å². The second kappa shape index (κ2) is 9.73. The van der Waals surface area contributed by atoms with Gasteiger partial charge in [-0.15, -0.1) is 0 Å². The second-order valence-electron chi connectivity index (χ2n) is 6.19. The van der Waals surface area contributed by atoms with Crippen LogP contribution in [0.25, 0.3) is 0 Å². The minimum absolute atomic E-state index is 0.507. The van der Waals surface area contributed by atoms with Crippen LogP contribution in [0, 0.1) is 5.92 Å². The van der Waals surface area contributed by atoms with Crippen LogP contribution in [-0.2, 0) is 4.74 Å². The van der Waals surface area contributed by atoms with Crippen molar-refractivity contribution in [1.82, 2.24) is 10.2 Å². The summed E-state index contributed by atoms with van der Waals surface area (Å²) in [6, 6.07) is 0.714. The van der Waals surface area contributed by atoms with Gasteiger partial charge in [-0.1, -0.05) is 27.2 Å². The van der Waals surface area contributed by atoms with Gasteiger partial charge in [0.25, 0.3) is 0 Å².